The average Bonchev–Trinajstić information content (AvgIpc) is 3.21. The standard InChI is InChI=1S/C21H18BrN5O4S/c1-30-17-9-6-10-18(31-2)19(17)27-20(14-7-4-3-5-8-14)24-25-21(27)26-32(28,29)16-11-15(22)12-23-13-16/h3-13H,1-2H3,(H,25,26). The molecule has 1 N–H and O–H groups in total. The summed E-state index contributed by atoms with van der Waals surface area (Å²) in [5.74, 6) is 1.27. The summed E-state index contributed by atoms with van der Waals surface area (Å²) in [6.07, 6.45) is 2.74. The van der Waals surface area contributed by atoms with Gasteiger partial charge in [-0.15, -0.1) is 10.2 Å². The van der Waals surface area contributed by atoms with E-state index in [4.69, 9.17) is 9.47 Å². The van der Waals surface area contributed by atoms with Crippen LogP contribution in [0, 0.1) is 0 Å². The fourth-order valence-electron chi connectivity index (χ4n) is 3.11. The molecule has 164 valence electrons. The number of pyridine rings is 1. The number of nitrogens with one attached hydrogen (secondary N) is 1. The first-order chi connectivity index (χ1) is 15.4. The van der Waals surface area contributed by atoms with Crippen molar-refractivity contribution >= 4 is 31.9 Å². The molecule has 0 amide bonds. The predicted octanol–water partition coefficient (Wildman–Crippen LogP) is 3.91. The Morgan fingerprint density at radius 2 is 1.62 bits per heavy atom. The van der Waals surface area contributed by atoms with Gasteiger partial charge in [-0.05, 0) is 34.1 Å². The van der Waals surface area contributed by atoms with Gasteiger partial charge >= 0.3 is 0 Å². The first kappa shape index (κ1) is 21.8. The predicted molar refractivity (Wildman–Crippen MR) is 123 cm³/mol. The van der Waals surface area contributed by atoms with E-state index < -0.39 is 10.0 Å². The maximum atomic E-state index is 13.1. The van der Waals surface area contributed by atoms with E-state index in [0.29, 0.717) is 27.5 Å². The highest BCUT2D eigenvalue weighted by molar-refractivity contribution is 9.10. The lowest BCUT2D eigenvalue weighted by atomic mass is 10.2. The van der Waals surface area contributed by atoms with Crippen molar-refractivity contribution < 1.29 is 17.9 Å². The van der Waals surface area contributed by atoms with Gasteiger partial charge in [0.2, 0.25) is 5.95 Å². The molecule has 0 aliphatic heterocycles. The van der Waals surface area contributed by atoms with E-state index in [0.717, 1.165) is 5.56 Å². The van der Waals surface area contributed by atoms with E-state index in [9.17, 15) is 8.42 Å². The van der Waals surface area contributed by atoms with Gasteiger partial charge in [0.1, 0.15) is 22.1 Å². The number of sulfonamides is 1. The zero-order valence-corrected chi connectivity index (χ0v) is 19.5. The van der Waals surface area contributed by atoms with Crippen molar-refractivity contribution in [3.63, 3.8) is 0 Å². The van der Waals surface area contributed by atoms with Crippen LogP contribution in [0.5, 0.6) is 11.5 Å². The molecule has 0 radical (unpaired) electrons. The Kier molecular flexibility index (Phi) is 6.10. The number of ether oxygens (including phenoxy) is 2. The molecule has 0 fully saturated rings. The molecule has 0 saturated heterocycles. The van der Waals surface area contributed by atoms with Crippen LogP contribution in [-0.4, -0.2) is 42.4 Å². The third-order valence-corrected chi connectivity index (χ3v) is 6.27. The third-order valence-electron chi connectivity index (χ3n) is 4.54. The van der Waals surface area contributed by atoms with Crippen LogP contribution >= 0.6 is 15.9 Å². The lowest BCUT2D eigenvalue weighted by molar-refractivity contribution is 0.391. The molecule has 32 heavy (non-hydrogen) atoms. The lowest BCUT2D eigenvalue weighted by Gasteiger charge is -2.17. The average molecular weight is 516 g/mol. The normalized spacial score (nSPS) is 11.2. The second-order valence-corrected chi connectivity index (χ2v) is 9.10. The number of aromatic nitrogens is 4. The van der Waals surface area contributed by atoms with Crippen LogP contribution < -0.4 is 14.2 Å². The monoisotopic (exact) mass is 515 g/mol. The van der Waals surface area contributed by atoms with Crippen LogP contribution in [-0.2, 0) is 10.0 Å². The molecule has 0 unspecified atom stereocenters. The summed E-state index contributed by atoms with van der Waals surface area (Å²) in [7, 11) is -0.990. The topological polar surface area (TPSA) is 108 Å². The summed E-state index contributed by atoms with van der Waals surface area (Å²) < 4.78 is 41.8. The quantitative estimate of drug-likeness (QED) is 0.397. The summed E-state index contributed by atoms with van der Waals surface area (Å²) in [5, 5.41) is 8.39. The maximum absolute atomic E-state index is 13.1. The molecule has 0 atom stereocenters. The van der Waals surface area contributed by atoms with Crippen molar-refractivity contribution in [3.8, 4) is 28.6 Å². The summed E-state index contributed by atoms with van der Waals surface area (Å²) >= 11 is 3.24. The van der Waals surface area contributed by atoms with E-state index >= 15 is 0 Å². The van der Waals surface area contributed by atoms with Gasteiger partial charge in [0, 0.05) is 22.4 Å². The molecule has 0 aliphatic carbocycles. The van der Waals surface area contributed by atoms with Crippen LogP contribution in [0.25, 0.3) is 17.1 Å². The van der Waals surface area contributed by atoms with Gasteiger partial charge in [0.25, 0.3) is 10.0 Å². The highest BCUT2D eigenvalue weighted by Gasteiger charge is 2.26. The van der Waals surface area contributed by atoms with Crippen molar-refractivity contribution in [2.45, 2.75) is 4.90 Å². The molecule has 0 bridgehead atoms. The minimum atomic E-state index is -4.02. The number of methoxy groups -OCH3 is 2. The van der Waals surface area contributed by atoms with Crippen LogP contribution in [0.15, 0.2) is 76.4 Å². The van der Waals surface area contributed by atoms with Crippen molar-refractivity contribution in [3.05, 3.63) is 71.5 Å². The summed E-state index contributed by atoms with van der Waals surface area (Å²) in [4.78, 5) is 3.90. The number of halogens is 1. The van der Waals surface area contributed by atoms with Crippen LogP contribution in [0.1, 0.15) is 0 Å². The van der Waals surface area contributed by atoms with Gasteiger partial charge in [0.05, 0.1) is 14.2 Å². The Balaban J connectivity index is 1.94. The number of hydrogen-bond acceptors (Lipinski definition) is 7. The number of benzene rings is 2. The number of hydrogen-bond donors (Lipinski definition) is 1. The molecule has 4 rings (SSSR count). The van der Waals surface area contributed by atoms with Gasteiger partial charge in [-0.25, -0.2) is 13.1 Å². The van der Waals surface area contributed by atoms with Crippen LogP contribution in [0.2, 0.25) is 0 Å². The Bertz CT molecular complexity index is 1340. The van der Waals surface area contributed by atoms with Gasteiger partial charge < -0.3 is 9.47 Å². The van der Waals surface area contributed by atoms with Gasteiger partial charge in [0.15, 0.2) is 5.82 Å². The third kappa shape index (κ3) is 4.16. The summed E-state index contributed by atoms with van der Waals surface area (Å²) in [5.41, 5.74) is 1.17. The first-order valence-corrected chi connectivity index (χ1v) is 11.6. The van der Waals surface area contributed by atoms with Crippen molar-refractivity contribution in [1.29, 1.82) is 0 Å². The molecule has 2 heterocycles. The van der Waals surface area contributed by atoms with E-state index in [1.165, 1.54) is 32.7 Å². The van der Waals surface area contributed by atoms with E-state index in [2.05, 4.69) is 35.8 Å². The van der Waals surface area contributed by atoms with Crippen molar-refractivity contribution in [2.75, 3.05) is 18.9 Å². The zero-order valence-electron chi connectivity index (χ0n) is 17.1. The second kappa shape index (κ2) is 8.97. The lowest BCUT2D eigenvalue weighted by Crippen LogP contribution is -2.17. The largest absolute Gasteiger partial charge is 0.494 e. The molecule has 2 aromatic carbocycles. The zero-order chi connectivity index (χ0) is 22.7. The molecule has 9 nitrogen and oxygen atoms in total. The molecule has 0 aliphatic rings. The highest BCUT2D eigenvalue weighted by Crippen LogP contribution is 2.37. The highest BCUT2D eigenvalue weighted by atomic mass is 79.9. The fourth-order valence-corrected chi connectivity index (χ4v) is 4.60. The molecule has 4 aromatic rings. The minimum absolute atomic E-state index is 0.0327. The minimum Gasteiger partial charge on any atom is -0.494 e. The Hall–Kier alpha value is -3.44. The number of rotatable bonds is 7. The second-order valence-electron chi connectivity index (χ2n) is 6.50. The van der Waals surface area contributed by atoms with E-state index in [1.54, 1.807) is 22.8 Å². The van der Waals surface area contributed by atoms with Gasteiger partial charge in [-0.2, -0.15) is 0 Å². The first-order valence-electron chi connectivity index (χ1n) is 9.30. The SMILES string of the molecule is COc1cccc(OC)c1-n1c(NS(=O)(=O)c2cncc(Br)c2)nnc1-c1ccccc1. The van der Waals surface area contributed by atoms with Crippen molar-refractivity contribution in [2.24, 2.45) is 0 Å². The molecule has 2 aromatic heterocycles. The Morgan fingerprint density at radius 1 is 0.938 bits per heavy atom. The molecular weight excluding hydrogens is 498 g/mol. The van der Waals surface area contributed by atoms with Gasteiger partial charge in [-0.1, -0.05) is 36.4 Å². The Morgan fingerprint density at radius 3 is 2.25 bits per heavy atom. The van der Waals surface area contributed by atoms with Crippen LogP contribution in [0.3, 0.4) is 0 Å². The summed E-state index contributed by atoms with van der Waals surface area (Å²) in [6.45, 7) is 0. The number of para-hydroxylation sites is 1. The smallest absolute Gasteiger partial charge is 0.265 e. The molecule has 0 saturated carbocycles. The number of nitrogens with zero attached hydrogens (tertiary/aromatic N) is 4. The Labute approximate surface area is 193 Å². The fraction of sp³-hybridized carbons (Fsp3) is 0.0952. The maximum Gasteiger partial charge on any atom is 0.265 e. The van der Waals surface area contributed by atoms with E-state index in [-0.39, 0.29) is 10.8 Å². The van der Waals surface area contributed by atoms with Crippen LogP contribution in [0.4, 0.5) is 5.95 Å². The molecular formula is C21H18BrN5O4S. The molecule has 0 spiro atoms. The van der Waals surface area contributed by atoms with Crippen molar-refractivity contribution in [1.82, 2.24) is 19.7 Å². The van der Waals surface area contributed by atoms with Gasteiger partial charge in [-0.3, -0.25) is 9.55 Å². The number of anilines is 1. The summed E-state index contributed by atoms with van der Waals surface area (Å²) in [6, 6.07) is 16.0. The molecule has 11 heteroatoms. The van der Waals surface area contributed by atoms with E-state index in [1.807, 2.05) is 30.3 Å².